The maximum Gasteiger partial charge on any atom is 0.289 e. The van der Waals surface area contributed by atoms with E-state index in [-0.39, 0.29) is 16.6 Å². The molecule has 2 aromatic rings. The molecule has 1 aromatic heterocycles. The Bertz CT molecular complexity index is 865. The van der Waals surface area contributed by atoms with E-state index in [2.05, 4.69) is 0 Å². The first kappa shape index (κ1) is 17.5. The van der Waals surface area contributed by atoms with Crippen LogP contribution in [0.2, 0.25) is 0 Å². The molecule has 1 aliphatic heterocycles. The third kappa shape index (κ3) is 3.84. The molecule has 0 saturated carbocycles. The average molecular weight is 366 g/mol. The number of sulfone groups is 1. The minimum atomic E-state index is -3.45. The van der Waals surface area contributed by atoms with E-state index < -0.39 is 15.7 Å². The molecule has 0 aliphatic carbocycles. The summed E-state index contributed by atoms with van der Waals surface area (Å²) < 4.78 is 42.6. The lowest BCUT2D eigenvalue weighted by atomic mass is 10.2. The van der Waals surface area contributed by atoms with Gasteiger partial charge in [-0.3, -0.25) is 4.79 Å². The average Bonchev–Trinajstić information content (AvgIpc) is 2.98. The van der Waals surface area contributed by atoms with Gasteiger partial charge in [0.25, 0.3) is 5.91 Å². The summed E-state index contributed by atoms with van der Waals surface area (Å²) in [6.07, 6.45) is 3.18. The predicted octanol–water partition coefficient (Wildman–Crippen LogP) is 2.17. The molecule has 1 amide bonds. The van der Waals surface area contributed by atoms with Gasteiger partial charge in [0.1, 0.15) is 5.82 Å². The first-order valence-electron chi connectivity index (χ1n) is 7.93. The van der Waals surface area contributed by atoms with Gasteiger partial charge in [0, 0.05) is 32.4 Å². The molecule has 3 rings (SSSR count). The number of hydrogen-bond acceptors (Lipinski definition) is 5. The summed E-state index contributed by atoms with van der Waals surface area (Å²) >= 11 is 0. The van der Waals surface area contributed by atoms with E-state index in [1.807, 2.05) is 4.90 Å². The van der Waals surface area contributed by atoms with E-state index in [1.165, 1.54) is 18.4 Å². The zero-order valence-electron chi connectivity index (χ0n) is 13.8. The van der Waals surface area contributed by atoms with E-state index in [0.717, 1.165) is 12.3 Å². The van der Waals surface area contributed by atoms with Crippen LogP contribution in [0.4, 0.5) is 10.1 Å². The Balaban J connectivity index is 1.74. The Kier molecular flexibility index (Phi) is 4.80. The van der Waals surface area contributed by atoms with Gasteiger partial charge in [-0.15, -0.1) is 0 Å². The lowest BCUT2D eigenvalue weighted by molar-refractivity contribution is 0.0735. The van der Waals surface area contributed by atoms with Crippen LogP contribution in [0.3, 0.4) is 0 Å². The van der Waals surface area contributed by atoms with Crippen molar-refractivity contribution in [2.75, 3.05) is 37.3 Å². The summed E-state index contributed by atoms with van der Waals surface area (Å²) in [6, 6.07) is 7.21. The largest absolute Gasteiger partial charge is 0.459 e. The van der Waals surface area contributed by atoms with Gasteiger partial charge in [-0.1, -0.05) is 0 Å². The van der Waals surface area contributed by atoms with Crippen LogP contribution in [0.5, 0.6) is 0 Å². The maximum absolute atomic E-state index is 14.4. The lowest BCUT2D eigenvalue weighted by Crippen LogP contribution is -2.35. The fourth-order valence-electron chi connectivity index (χ4n) is 2.89. The van der Waals surface area contributed by atoms with Crippen LogP contribution < -0.4 is 4.90 Å². The van der Waals surface area contributed by atoms with Gasteiger partial charge in [0.2, 0.25) is 0 Å². The van der Waals surface area contributed by atoms with Gasteiger partial charge in [-0.25, -0.2) is 12.8 Å². The fourth-order valence-corrected chi connectivity index (χ4v) is 3.53. The standard InChI is InChI=1S/C17H19FN2O4S/c1-25(22,23)13-5-6-15(14(18)12-13)19-7-3-8-20(10-9-19)17(21)16-4-2-11-24-16/h2,4-6,11-12H,3,7-10H2,1H3. The molecule has 1 aromatic carbocycles. The molecule has 1 aliphatic rings. The Morgan fingerprint density at radius 2 is 1.96 bits per heavy atom. The van der Waals surface area contributed by atoms with Crippen LogP contribution in [-0.2, 0) is 9.84 Å². The minimum Gasteiger partial charge on any atom is -0.459 e. The minimum absolute atomic E-state index is 0.0433. The fraction of sp³-hybridized carbons (Fsp3) is 0.353. The van der Waals surface area contributed by atoms with Crippen molar-refractivity contribution in [3.8, 4) is 0 Å². The SMILES string of the molecule is CS(=O)(=O)c1ccc(N2CCCN(C(=O)c3ccco3)CC2)c(F)c1. The highest BCUT2D eigenvalue weighted by Crippen LogP contribution is 2.24. The van der Waals surface area contributed by atoms with Crippen molar-refractivity contribution in [1.82, 2.24) is 4.90 Å². The number of amides is 1. The molecule has 8 heteroatoms. The van der Waals surface area contributed by atoms with Gasteiger partial charge < -0.3 is 14.2 Å². The third-order valence-electron chi connectivity index (χ3n) is 4.20. The number of carbonyl (C=O) groups is 1. The number of benzene rings is 1. The van der Waals surface area contributed by atoms with E-state index in [0.29, 0.717) is 38.3 Å². The zero-order valence-corrected chi connectivity index (χ0v) is 14.6. The van der Waals surface area contributed by atoms with Crippen LogP contribution >= 0.6 is 0 Å². The second kappa shape index (κ2) is 6.87. The zero-order chi connectivity index (χ0) is 18.0. The molecule has 0 radical (unpaired) electrons. The second-order valence-electron chi connectivity index (χ2n) is 6.00. The predicted molar refractivity (Wildman–Crippen MR) is 91.0 cm³/mol. The van der Waals surface area contributed by atoms with E-state index >= 15 is 0 Å². The molecule has 0 bridgehead atoms. The summed E-state index contributed by atoms with van der Waals surface area (Å²) in [4.78, 5) is 15.8. The topological polar surface area (TPSA) is 70.8 Å². The van der Waals surface area contributed by atoms with Gasteiger partial charge in [-0.05, 0) is 36.8 Å². The molecule has 0 spiro atoms. The molecule has 1 fully saturated rings. The first-order valence-corrected chi connectivity index (χ1v) is 9.83. The highest BCUT2D eigenvalue weighted by atomic mass is 32.2. The Hall–Kier alpha value is -2.35. The highest BCUT2D eigenvalue weighted by Gasteiger charge is 2.23. The third-order valence-corrected chi connectivity index (χ3v) is 5.31. The summed E-state index contributed by atoms with van der Waals surface area (Å²) in [6.45, 7) is 2.03. The Morgan fingerprint density at radius 3 is 2.60 bits per heavy atom. The molecule has 134 valence electrons. The quantitative estimate of drug-likeness (QED) is 0.833. The maximum atomic E-state index is 14.4. The molecular weight excluding hydrogens is 347 g/mol. The van der Waals surface area contributed by atoms with Crippen molar-refractivity contribution in [2.45, 2.75) is 11.3 Å². The van der Waals surface area contributed by atoms with Crippen LogP contribution in [0.15, 0.2) is 45.9 Å². The smallest absolute Gasteiger partial charge is 0.289 e. The number of nitrogens with zero attached hydrogens (tertiary/aromatic N) is 2. The molecule has 0 atom stereocenters. The van der Waals surface area contributed by atoms with Crippen LogP contribution in [0.1, 0.15) is 17.0 Å². The lowest BCUT2D eigenvalue weighted by Gasteiger charge is -2.24. The number of carbonyl (C=O) groups excluding carboxylic acids is 1. The molecular formula is C17H19FN2O4S. The number of rotatable bonds is 3. The Labute approximate surface area is 145 Å². The second-order valence-corrected chi connectivity index (χ2v) is 8.01. The van der Waals surface area contributed by atoms with Crippen molar-refractivity contribution < 1.29 is 22.0 Å². The first-order chi connectivity index (χ1) is 11.9. The normalized spacial score (nSPS) is 15.9. The van der Waals surface area contributed by atoms with Gasteiger partial charge in [0.05, 0.1) is 16.8 Å². The number of hydrogen-bond donors (Lipinski definition) is 0. The van der Waals surface area contributed by atoms with E-state index in [9.17, 15) is 17.6 Å². The van der Waals surface area contributed by atoms with Crippen LogP contribution in [0.25, 0.3) is 0 Å². The molecule has 1 saturated heterocycles. The van der Waals surface area contributed by atoms with Gasteiger partial charge in [-0.2, -0.15) is 0 Å². The van der Waals surface area contributed by atoms with Crippen LogP contribution in [-0.4, -0.2) is 51.7 Å². The van der Waals surface area contributed by atoms with Crippen molar-refractivity contribution >= 4 is 21.4 Å². The number of halogens is 1. The van der Waals surface area contributed by atoms with Crippen molar-refractivity contribution in [3.63, 3.8) is 0 Å². The molecule has 2 heterocycles. The van der Waals surface area contributed by atoms with Gasteiger partial charge in [0.15, 0.2) is 15.6 Å². The number of furan rings is 1. The van der Waals surface area contributed by atoms with Crippen molar-refractivity contribution in [1.29, 1.82) is 0 Å². The number of anilines is 1. The summed E-state index contributed by atoms with van der Waals surface area (Å²) in [5.74, 6) is -0.467. The molecule has 25 heavy (non-hydrogen) atoms. The molecule has 6 nitrogen and oxygen atoms in total. The summed E-state index contributed by atoms with van der Waals surface area (Å²) in [5, 5.41) is 0. The molecule has 0 N–H and O–H groups in total. The van der Waals surface area contributed by atoms with Crippen molar-refractivity contribution in [3.05, 3.63) is 48.2 Å². The van der Waals surface area contributed by atoms with Gasteiger partial charge >= 0.3 is 0 Å². The highest BCUT2D eigenvalue weighted by molar-refractivity contribution is 7.90. The summed E-state index contributed by atoms with van der Waals surface area (Å²) in [7, 11) is -3.45. The Morgan fingerprint density at radius 1 is 1.16 bits per heavy atom. The summed E-state index contributed by atoms with van der Waals surface area (Å²) in [5.41, 5.74) is 0.347. The van der Waals surface area contributed by atoms with E-state index in [1.54, 1.807) is 17.0 Å². The monoisotopic (exact) mass is 366 g/mol. The molecule has 0 unspecified atom stereocenters. The van der Waals surface area contributed by atoms with E-state index in [4.69, 9.17) is 4.42 Å². The van der Waals surface area contributed by atoms with Crippen LogP contribution in [0, 0.1) is 5.82 Å². The van der Waals surface area contributed by atoms with Crippen molar-refractivity contribution in [2.24, 2.45) is 0 Å².